The lowest BCUT2D eigenvalue weighted by Gasteiger charge is -2.38. The van der Waals surface area contributed by atoms with Gasteiger partial charge in [-0.2, -0.15) is 0 Å². The standard InChI is InChI=1S/C18H28N2O/c1-4-10-20-12-16(15-8-6-5-7-9-15)11-17(13-20)19-18(21)14(2)3/h5-9,14,16-17H,4,10-13H2,1-3H3,(H,19,21). The lowest BCUT2D eigenvalue weighted by atomic mass is 9.87. The van der Waals surface area contributed by atoms with Gasteiger partial charge in [-0.3, -0.25) is 4.79 Å². The summed E-state index contributed by atoms with van der Waals surface area (Å²) >= 11 is 0. The molecule has 1 N–H and O–H groups in total. The Labute approximate surface area is 128 Å². The molecule has 0 aliphatic carbocycles. The Kier molecular flexibility index (Phi) is 5.80. The van der Waals surface area contributed by atoms with Gasteiger partial charge in [-0.15, -0.1) is 0 Å². The van der Waals surface area contributed by atoms with Gasteiger partial charge in [-0.1, -0.05) is 51.1 Å². The molecular formula is C18H28N2O. The van der Waals surface area contributed by atoms with E-state index < -0.39 is 0 Å². The van der Waals surface area contributed by atoms with E-state index in [0.717, 1.165) is 32.5 Å². The van der Waals surface area contributed by atoms with E-state index in [0.29, 0.717) is 5.92 Å². The van der Waals surface area contributed by atoms with Crippen molar-refractivity contribution < 1.29 is 4.79 Å². The largest absolute Gasteiger partial charge is 0.352 e. The highest BCUT2D eigenvalue weighted by molar-refractivity contribution is 5.78. The van der Waals surface area contributed by atoms with E-state index in [1.165, 1.54) is 5.56 Å². The summed E-state index contributed by atoms with van der Waals surface area (Å²) in [7, 11) is 0. The van der Waals surface area contributed by atoms with Crippen molar-refractivity contribution in [2.45, 2.75) is 45.6 Å². The van der Waals surface area contributed by atoms with Crippen molar-refractivity contribution in [2.24, 2.45) is 5.92 Å². The molecule has 1 aromatic carbocycles. The van der Waals surface area contributed by atoms with Crippen LogP contribution in [0.25, 0.3) is 0 Å². The molecule has 0 radical (unpaired) electrons. The SMILES string of the molecule is CCCN1CC(NC(=O)C(C)C)CC(c2ccccc2)C1. The first-order valence-electron chi connectivity index (χ1n) is 8.17. The normalized spacial score (nSPS) is 23.2. The van der Waals surface area contributed by atoms with E-state index in [1.807, 2.05) is 13.8 Å². The number of hydrogen-bond acceptors (Lipinski definition) is 2. The first kappa shape index (κ1) is 16.0. The van der Waals surface area contributed by atoms with Crippen molar-refractivity contribution in [2.75, 3.05) is 19.6 Å². The first-order chi connectivity index (χ1) is 10.1. The maximum Gasteiger partial charge on any atom is 0.222 e. The minimum absolute atomic E-state index is 0.0572. The van der Waals surface area contributed by atoms with Gasteiger partial charge in [0.05, 0.1) is 0 Å². The summed E-state index contributed by atoms with van der Waals surface area (Å²) in [4.78, 5) is 14.5. The van der Waals surface area contributed by atoms with Gasteiger partial charge in [0, 0.05) is 25.0 Å². The fourth-order valence-electron chi connectivity index (χ4n) is 3.13. The van der Waals surface area contributed by atoms with Crippen LogP contribution in [0.5, 0.6) is 0 Å². The second kappa shape index (κ2) is 7.60. The summed E-state index contributed by atoms with van der Waals surface area (Å²) < 4.78 is 0. The molecule has 2 rings (SSSR count). The highest BCUT2D eigenvalue weighted by Gasteiger charge is 2.29. The first-order valence-corrected chi connectivity index (χ1v) is 8.17. The van der Waals surface area contributed by atoms with Crippen LogP contribution >= 0.6 is 0 Å². The molecule has 1 fully saturated rings. The summed E-state index contributed by atoms with van der Waals surface area (Å²) in [6.07, 6.45) is 2.20. The zero-order valence-corrected chi connectivity index (χ0v) is 13.5. The average molecular weight is 288 g/mol. The predicted octanol–water partition coefficient (Wildman–Crippen LogP) is 3.03. The van der Waals surface area contributed by atoms with Crippen molar-refractivity contribution in [3.05, 3.63) is 35.9 Å². The van der Waals surface area contributed by atoms with Crippen LogP contribution in [0.4, 0.5) is 0 Å². The van der Waals surface area contributed by atoms with E-state index in [-0.39, 0.29) is 17.9 Å². The summed E-state index contributed by atoms with van der Waals surface area (Å²) in [5, 5.41) is 3.23. The van der Waals surface area contributed by atoms with Crippen LogP contribution in [0.3, 0.4) is 0 Å². The molecule has 0 aromatic heterocycles. The summed E-state index contributed by atoms with van der Waals surface area (Å²) in [5.41, 5.74) is 1.39. The fraction of sp³-hybridized carbons (Fsp3) is 0.611. The number of hydrogen-bond donors (Lipinski definition) is 1. The topological polar surface area (TPSA) is 32.3 Å². The molecule has 1 saturated heterocycles. The van der Waals surface area contributed by atoms with Gasteiger partial charge in [-0.05, 0) is 30.9 Å². The number of carbonyl (C=O) groups is 1. The van der Waals surface area contributed by atoms with Gasteiger partial charge in [0.2, 0.25) is 5.91 Å². The van der Waals surface area contributed by atoms with E-state index >= 15 is 0 Å². The third kappa shape index (κ3) is 4.57. The van der Waals surface area contributed by atoms with Crippen molar-refractivity contribution in [3.8, 4) is 0 Å². The van der Waals surface area contributed by atoms with Gasteiger partial charge in [-0.25, -0.2) is 0 Å². The van der Waals surface area contributed by atoms with Crippen molar-refractivity contribution in [1.29, 1.82) is 0 Å². The van der Waals surface area contributed by atoms with Gasteiger partial charge >= 0.3 is 0 Å². The molecular weight excluding hydrogens is 260 g/mol. The molecule has 1 aliphatic heterocycles. The van der Waals surface area contributed by atoms with Crippen LogP contribution in [0.15, 0.2) is 30.3 Å². The quantitative estimate of drug-likeness (QED) is 0.903. The Morgan fingerprint density at radius 3 is 2.62 bits per heavy atom. The van der Waals surface area contributed by atoms with Gasteiger partial charge in [0.1, 0.15) is 0 Å². The molecule has 0 spiro atoms. The monoisotopic (exact) mass is 288 g/mol. The number of benzene rings is 1. The van der Waals surface area contributed by atoms with Crippen LogP contribution in [-0.2, 0) is 4.79 Å². The fourth-order valence-corrected chi connectivity index (χ4v) is 3.13. The third-order valence-electron chi connectivity index (χ3n) is 4.21. The molecule has 21 heavy (non-hydrogen) atoms. The number of carbonyl (C=O) groups excluding carboxylic acids is 1. The van der Waals surface area contributed by atoms with Gasteiger partial charge in [0.15, 0.2) is 0 Å². The van der Waals surface area contributed by atoms with Crippen molar-refractivity contribution >= 4 is 5.91 Å². The molecule has 0 bridgehead atoms. The number of nitrogens with one attached hydrogen (secondary N) is 1. The van der Waals surface area contributed by atoms with E-state index in [2.05, 4.69) is 47.5 Å². The second-order valence-electron chi connectivity index (χ2n) is 6.46. The van der Waals surface area contributed by atoms with Gasteiger partial charge < -0.3 is 10.2 Å². The Morgan fingerprint density at radius 2 is 2.00 bits per heavy atom. The van der Waals surface area contributed by atoms with Crippen LogP contribution in [0, 0.1) is 5.92 Å². The average Bonchev–Trinajstić information content (AvgIpc) is 2.48. The van der Waals surface area contributed by atoms with Crippen molar-refractivity contribution in [1.82, 2.24) is 10.2 Å². The van der Waals surface area contributed by atoms with Gasteiger partial charge in [0.25, 0.3) is 0 Å². The minimum Gasteiger partial charge on any atom is -0.352 e. The molecule has 2 atom stereocenters. The van der Waals surface area contributed by atoms with Crippen LogP contribution in [0.1, 0.15) is 45.1 Å². The van der Waals surface area contributed by atoms with Crippen LogP contribution in [-0.4, -0.2) is 36.5 Å². The maximum absolute atomic E-state index is 12.0. The molecule has 2 unspecified atom stereocenters. The molecule has 3 nitrogen and oxygen atoms in total. The molecule has 116 valence electrons. The lowest BCUT2D eigenvalue weighted by molar-refractivity contribution is -0.125. The van der Waals surface area contributed by atoms with E-state index in [4.69, 9.17) is 0 Å². The third-order valence-corrected chi connectivity index (χ3v) is 4.21. The Balaban J connectivity index is 2.06. The molecule has 3 heteroatoms. The molecule has 1 aliphatic rings. The zero-order chi connectivity index (χ0) is 15.2. The number of likely N-dealkylation sites (tertiary alicyclic amines) is 1. The number of nitrogens with zero attached hydrogens (tertiary/aromatic N) is 1. The van der Waals surface area contributed by atoms with Crippen LogP contribution < -0.4 is 5.32 Å². The lowest BCUT2D eigenvalue weighted by Crippen LogP contribution is -2.51. The Morgan fingerprint density at radius 1 is 1.29 bits per heavy atom. The molecule has 1 aromatic rings. The van der Waals surface area contributed by atoms with Crippen molar-refractivity contribution in [3.63, 3.8) is 0 Å². The maximum atomic E-state index is 12.0. The summed E-state index contributed by atoms with van der Waals surface area (Å²) in [6, 6.07) is 11.0. The smallest absolute Gasteiger partial charge is 0.222 e. The number of amides is 1. The minimum atomic E-state index is 0.0572. The Bertz CT molecular complexity index is 444. The molecule has 1 heterocycles. The van der Waals surface area contributed by atoms with Crippen LogP contribution in [0.2, 0.25) is 0 Å². The number of piperidine rings is 1. The molecule has 0 saturated carbocycles. The predicted molar refractivity (Wildman–Crippen MR) is 87.3 cm³/mol. The second-order valence-corrected chi connectivity index (χ2v) is 6.46. The highest BCUT2D eigenvalue weighted by atomic mass is 16.1. The summed E-state index contributed by atoms with van der Waals surface area (Å²) in [6.45, 7) is 9.32. The van der Waals surface area contributed by atoms with E-state index in [1.54, 1.807) is 0 Å². The molecule has 1 amide bonds. The summed E-state index contributed by atoms with van der Waals surface area (Å²) in [5.74, 6) is 0.746. The number of rotatable bonds is 5. The van der Waals surface area contributed by atoms with E-state index in [9.17, 15) is 4.79 Å². The highest BCUT2D eigenvalue weighted by Crippen LogP contribution is 2.27. The zero-order valence-electron chi connectivity index (χ0n) is 13.5. The Hall–Kier alpha value is -1.35.